The molecule has 45 heteroatoms. The zero-order valence-corrected chi connectivity index (χ0v) is 82.6. The van der Waals surface area contributed by atoms with Gasteiger partial charge in [0.2, 0.25) is 124 Å². The number of aromatic amines is 1. The van der Waals surface area contributed by atoms with Gasteiger partial charge in [0, 0.05) is 43.3 Å². The number of aromatic nitrogens is 1. The molecule has 1 aromatic heterocycles. The van der Waals surface area contributed by atoms with Crippen molar-refractivity contribution in [1.82, 2.24) is 106 Å². The van der Waals surface area contributed by atoms with Crippen LogP contribution in [0, 0.1) is 5.92 Å². The first-order chi connectivity index (χ1) is 62.4. The summed E-state index contributed by atoms with van der Waals surface area (Å²) in [5, 5.41) is 69.3. The lowest BCUT2D eigenvalue weighted by atomic mass is 9.92. The number of aliphatic hydroxyl groups is 2. The summed E-state index contributed by atoms with van der Waals surface area (Å²) in [7, 11) is 0. The largest absolute Gasteiger partial charge is 0.394 e. The summed E-state index contributed by atoms with van der Waals surface area (Å²) in [5.41, 5.74) is -4.97. The van der Waals surface area contributed by atoms with Crippen LogP contribution in [0.5, 0.6) is 0 Å². The highest BCUT2D eigenvalue weighted by molar-refractivity contribution is 6.05. The lowest BCUT2D eigenvalue weighted by Crippen LogP contribution is -2.69. The topological polar surface area (TPSA) is 695 Å². The third-order valence-electron chi connectivity index (χ3n) is 22.5. The van der Waals surface area contributed by atoms with Crippen LogP contribution in [0.4, 0.5) is 0 Å². The van der Waals surface area contributed by atoms with Crippen molar-refractivity contribution < 1.29 is 111 Å². The number of carbonyl (C=O) groups is 21. The second-order valence-corrected chi connectivity index (χ2v) is 39.1. The van der Waals surface area contributed by atoms with Crippen LogP contribution in [-0.4, -0.2) is 263 Å². The molecule has 3 aromatic rings. The summed E-state index contributed by atoms with van der Waals surface area (Å²) < 4.78 is 0. The molecule has 2 aromatic carbocycles. The van der Waals surface area contributed by atoms with Gasteiger partial charge in [0.05, 0.1) is 25.8 Å². The number of benzene rings is 2. The molecule has 0 spiro atoms. The third-order valence-corrected chi connectivity index (χ3v) is 22.5. The lowest BCUT2D eigenvalue weighted by molar-refractivity contribution is -0.142. The molecule has 3 rings (SSSR count). The van der Waals surface area contributed by atoms with Crippen LogP contribution in [0.25, 0.3) is 10.9 Å². The maximum absolute atomic E-state index is 14.3. The third kappa shape index (κ3) is 35.2. The Morgan fingerprint density at radius 3 is 1.20 bits per heavy atom. The van der Waals surface area contributed by atoms with Gasteiger partial charge in [-0.15, -0.1) is 0 Å². The van der Waals surface area contributed by atoms with Crippen LogP contribution in [0.1, 0.15) is 229 Å². The number of nitrogens with one attached hydrogen (secondary N) is 20. The number of hydrogen-bond donors (Lipinski definition) is 24. The number of H-pyrrole nitrogens is 1. The molecule has 21 amide bonds. The highest BCUT2D eigenvalue weighted by atomic mass is 16.3. The highest BCUT2D eigenvalue weighted by Crippen LogP contribution is 2.24. The average Bonchev–Trinajstić information content (AvgIpc) is 1.32. The van der Waals surface area contributed by atoms with Crippen molar-refractivity contribution >= 4 is 135 Å². The molecule has 26 N–H and O–H groups in total. The van der Waals surface area contributed by atoms with Crippen molar-refractivity contribution in [2.24, 2.45) is 17.4 Å². The summed E-state index contributed by atoms with van der Waals surface area (Å²) >= 11 is 0. The van der Waals surface area contributed by atoms with Crippen LogP contribution in [0.3, 0.4) is 0 Å². The van der Waals surface area contributed by atoms with Crippen molar-refractivity contribution in [3.63, 3.8) is 0 Å². The number of nitrogens with two attached hydrogens (primary N) is 2. The average molecular weight is 1910 g/mol. The lowest BCUT2D eigenvalue weighted by Gasteiger charge is -2.38. The fraction of sp³-hybridized carbons (Fsp3) is 0.615. The molecule has 45 nitrogen and oxygen atoms in total. The molecule has 1 heterocycles. The van der Waals surface area contributed by atoms with E-state index < -0.39 is 260 Å². The van der Waals surface area contributed by atoms with Crippen molar-refractivity contribution in [3.05, 3.63) is 71.9 Å². The summed E-state index contributed by atoms with van der Waals surface area (Å²) in [6.45, 7) is 31.3. The number of rotatable bonds is 53. The second kappa shape index (κ2) is 48.8. The van der Waals surface area contributed by atoms with Gasteiger partial charge in [-0.3, -0.25) is 101 Å². The zero-order chi connectivity index (χ0) is 104. The fourth-order valence-corrected chi connectivity index (χ4v) is 13.0. The van der Waals surface area contributed by atoms with E-state index in [1.165, 1.54) is 152 Å². The van der Waals surface area contributed by atoms with E-state index in [4.69, 9.17) is 11.5 Å². The normalized spacial score (nSPS) is 14.7. The van der Waals surface area contributed by atoms with Crippen LogP contribution in [0.15, 0.2) is 60.8 Å². The van der Waals surface area contributed by atoms with Gasteiger partial charge in [-0.1, -0.05) is 76.2 Å². The molecule has 0 aliphatic heterocycles. The number of amides is 21. The molecule has 0 bridgehead atoms. The molecule has 0 aliphatic rings. The zero-order valence-electron chi connectivity index (χ0n) is 82.6. The molecule has 0 aliphatic carbocycles. The smallest absolute Gasteiger partial charge is 0.246 e. The Morgan fingerprint density at radius 2 is 0.735 bits per heavy atom. The molecule has 0 saturated heterocycles. The van der Waals surface area contributed by atoms with Gasteiger partial charge < -0.3 is 128 Å². The molecule has 0 unspecified atom stereocenters. The first kappa shape index (κ1) is 117. The summed E-state index contributed by atoms with van der Waals surface area (Å²) in [6.07, 6.45) is 0.277. The van der Waals surface area contributed by atoms with E-state index in [0.29, 0.717) is 5.56 Å². The Balaban J connectivity index is 1.60. The van der Waals surface area contributed by atoms with Crippen molar-refractivity contribution in [1.29, 1.82) is 0 Å². The second-order valence-electron chi connectivity index (χ2n) is 39.1. The number of primary amides is 2. The predicted octanol–water partition coefficient (Wildman–Crippen LogP) is -3.70. The molecular weight excluding hydrogens is 1770 g/mol. The van der Waals surface area contributed by atoms with Crippen molar-refractivity contribution in [2.75, 3.05) is 19.8 Å². The van der Waals surface area contributed by atoms with Gasteiger partial charge in [0.25, 0.3) is 0 Å². The Bertz CT molecular complexity index is 4910. The monoisotopic (exact) mass is 1910 g/mol. The number of hydrogen-bond acceptors (Lipinski definition) is 23. The molecule has 136 heavy (non-hydrogen) atoms. The van der Waals surface area contributed by atoms with Crippen LogP contribution in [0.2, 0.25) is 0 Å². The van der Waals surface area contributed by atoms with Crippen molar-refractivity contribution in [2.45, 2.75) is 335 Å². The van der Waals surface area contributed by atoms with Gasteiger partial charge in [-0.25, -0.2) is 0 Å². The predicted molar refractivity (Wildman–Crippen MR) is 500 cm³/mol. The first-order valence-electron chi connectivity index (χ1n) is 44.7. The highest BCUT2D eigenvalue weighted by Gasteiger charge is 2.48. The van der Waals surface area contributed by atoms with Gasteiger partial charge in [0.1, 0.15) is 97.7 Å². The summed E-state index contributed by atoms with van der Waals surface area (Å²) in [5.74, 6) is -19.0. The Labute approximate surface area is 792 Å². The Hall–Kier alpha value is -13.2. The number of carbonyl (C=O) groups excluding carboxylic acids is 21. The van der Waals surface area contributed by atoms with E-state index in [1.54, 1.807) is 57.3 Å². The molecule has 10 atom stereocenters. The fourth-order valence-electron chi connectivity index (χ4n) is 13.0. The molecule has 0 saturated carbocycles. The maximum Gasteiger partial charge on any atom is 0.246 e. The summed E-state index contributed by atoms with van der Waals surface area (Å²) in [4.78, 5) is 289. The van der Waals surface area contributed by atoms with Crippen molar-refractivity contribution in [3.8, 4) is 0 Å². The SMILES string of the molecule is CC[C@](C)(NC(=O)C(C)(C)NC(=O)[C@H](CO)NC(=O)C(C)(C)NC(=O)[C@H](Cc1ccccc1)NC(C)=O)C(=O)N[C@H](CC(C)C)C(=O)N[C@H](CCC(N)=O)C(=O)NCC(=O)NC(C)(C)C(=O)NC(C)(C)C(=O)N[C@@H](C)C(=O)N[C@@H](C)C(=O)NC(C)(C)C(=O)N[C@@](C)(CC)C(=O)NC(C)(C)C(=O)NC(C)(C)C(=O)NC(C)(C)C(=O)N[C@H](CCC(N)=O)C(=O)N[C@@H](CO)Cc1c[nH]c2ccccc12. The summed E-state index contributed by atoms with van der Waals surface area (Å²) in [6, 6.07) is 5.34. The van der Waals surface area contributed by atoms with Crippen LogP contribution >= 0.6 is 0 Å². The Morgan fingerprint density at radius 1 is 0.353 bits per heavy atom. The van der Waals surface area contributed by atoms with Gasteiger partial charge in [0.15, 0.2) is 0 Å². The van der Waals surface area contributed by atoms with E-state index >= 15 is 0 Å². The standard InChI is InChI=1S/C91H144N22O23/c1-26-90(24,112-79(134)87(18,19)107-71(126)61(47-115)103-73(128)82(8,9)106-70(125)60(98-51(7)116)42-52-33-29-28-30-34-52)80(135)102-59(41-48(3)4)69(124)100-57(37-39-62(92)117)67(122)95-45-64(119)104-85(14,15)75(130)108-83(10,11)72(127)97-49(5)65(120)96-50(6)66(121)105-86(16,17)78(133)113-91(25,27-2)81(136)111-89(22,23)77(132)110-88(20,21)76(131)109-84(12,13)74(129)101-58(38-40-63(93)118)68(123)99-54(46-114)43-53-44-94-56-36-32-31-35-55(53)56/h28-36,44,48-50,54,57-61,94,114-115H,26-27,37-43,45-47H2,1-25H3,(H2,92,117)(H2,93,118)(H,95,122)(H,96,120)(H,97,127)(H,98,116)(H,99,123)(H,100,124)(H,101,129)(H,102,135)(H,103,128)(H,104,119)(H,105,121)(H,106,125)(H,107,126)(H,108,130)(H,109,131)(H,110,132)(H,111,136)(H,112,134)(H,113,133)/t49-,50-,54+,57+,58+,59+,60-,61-,90-,91-/m0/s1. The minimum Gasteiger partial charge on any atom is -0.394 e. The van der Waals surface area contributed by atoms with Gasteiger partial charge >= 0.3 is 0 Å². The maximum atomic E-state index is 14.3. The molecule has 0 radical (unpaired) electrons. The minimum absolute atomic E-state index is 0.0669. The molecule has 756 valence electrons. The van der Waals surface area contributed by atoms with E-state index in [1.807, 2.05) is 24.3 Å². The first-order valence-corrected chi connectivity index (χ1v) is 44.7. The van der Waals surface area contributed by atoms with E-state index in [0.717, 1.165) is 16.5 Å². The Kier molecular flexibility index (Phi) is 42.0. The van der Waals surface area contributed by atoms with E-state index in [9.17, 15) is 111 Å². The van der Waals surface area contributed by atoms with Gasteiger partial charge in [-0.2, -0.15) is 0 Å². The van der Waals surface area contributed by atoms with E-state index in [2.05, 4.69) is 106 Å². The molecule has 0 fully saturated rings. The van der Waals surface area contributed by atoms with Gasteiger partial charge in [-0.05, 0) is 200 Å². The number of para-hydroxylation sites is 1. The minimum atomic E-state index is -1.88. The number of aliphatic hydroxyl groups excluding tert-OH is 2. The molecular formula is C91H144N22O23. The van der Waals surface area contributed by atoms with Crippen LogP contribution in [-0.2, 0) is 114 Å². The van der Waals surface area contributed by atoms with E-state index in [-0.39, 0.29) is 50.9 Å². The number of fused-ring (bicyclic) bond motifs is 1. The van der Waals surface area contributed by atoms with Crippen LogP contribution < -0.4 is 112 Å². The quantitative estimate of drug-likeness (QED) is 0.0259.